The van der Waals surface area contributed by atoms with Gasteiger partial charge in [0.1, 0.15) is 0 Å². The molecule has 0 aliphatic rings. The molecule has 0 aliphatic carbocycles. The Kier molecular flexibility index (Phi) is 3.31. The summed E-state index contributed by atoms with van der Waals surface area (Å²) in [6.45, 7) is 0. The Morgan fingerprint density at radius 2 is 1.65 bits per heavy atom. The van der Waals surface area contributed by atoms with Crippen LogP contribution in [0.15, 0.2) is 24.5 Å². The van der Waals surface area contributed by atoms with Crippen LogP contribution in [0.25, 0.3) is 0 Å². The van der Waals surface area contributed by atoms with Crippen LogP contribution in [0.1, 0.15) is 0 Å². The van der Waals surface area contributed by atoms with E-state index in [4.69, 9.17) is 28.9 Å². The summed E-state index contributed by atoms with van der Waals surface area (Å²) in [6.07, 6.45) is 2.89. The van der Waals surface area contributed by atoms with Crippen LogP contribution in [0, 0.1) is 5.82 Å². The van der Waals surface area contributed by atoms with Gasteiger partial charge in [-0.15, -0.1) is 0 Å². The van der Waals surface area contributed by atoms with Gasteiger partial charge in [-0.3, -0.25) is 0 Å². The van der Waals surface area contributed by atoms with Crippen LogP contribution < -0.4 is 11.1 Å². The summed E-state index contributed by atoms with van der Waals surface area (Å²) < 4.78 is 13.2. The van der Waals surface area contributed by atoms with Crippen LogP contribution in [0.2, 0.25) is 10.0 Å². The van der Waals surface area contributed by atoms with Gasteiger partial charge >= 0.3 is 0 Å². The Labute approximate surface area is 107 Å². The van der Waals surface area contributed by atoms with E-state index in [2.05, 4.69) is 15.3 Å². The minimum absolute atomic E-state index is 0.0737. The standard InChI is InChI=1S/C10H7Cl2FN4/c11-7-1-6(2-8(12)9(7)13)17-10-15-3-5(14)4-16-10/h1-4H,14H2,(H,15,16,17). The van der Waals surface area contributed by atoms with E-state index in [0.29, 0.717) is 17.3 Å². The largest absolute Gasteiger partial charge is 0.396 e. The van der Waals surface area contributed by atoms with Crippen molar-refractivity contribution in [2.24, 2.45) is 0 Å². The molecule has 0 amide bonds. The highest BCUT2D eigenvalue weighted by molar-refractivity contribution is 6.35. The molecule has 1 aromatic carbocycles. The molecule has 0 fully saturated rings. The van der Waals surface area contributed by atoms with E-state index in [1.54, 1.807) is 0 Å². The van der Waals surface area contributed by atoms with E-state index < -0.39 is 5.82 Å². The molecule has 0 saturated heterocycles. The minimum Gasteiger partial charge on any atom is -0.396 e. The maximum absolute atomic E-state index is 13.2. The number of anilines is 3. The van der Waals surface area contributed by atoms with Gasteiger partial charge in [-0.25, -0.2) is 14.4 Å². The summed E-state index contributed by atoms with van der Waals surface area (Å²) in [7, 11) is 0. The van der Waals surface area contributed by atoms with Gasteiger partial charge in [0, 0.05) is 5.69 Å². The van der Waals surface area contributed by atoms with Crippen molar-refractivity contribution in [2.45, 2.75) is 0 Å². The van der Waals surface area contributed by atoms with Crippen LogP contribution in [0.3, 0.4) is 0 Å². The quantitative estimate of drug-likeness (QED) is 0.824. The molecular weight excluding hydrogens is 266 g/mol. The Morgan fingerprint density at radius 1 is 1.12 bits per heavy atom. The molecule has 0 radical (unpaired) electrons. The van der Waals surface area contributed by atoms with Crippen molar-refractivity contribution in [3.8, 4) is 0 Å². The first kappa shape index (κ1) is 11.9. The van der Waals surface area contributed by atoms with Crippen molar-refractivity contribution in [2.75, 3.05) is 11.1 Å². The van der Waals surface area contributed by atoms with Crippen molar-refractivity contribution in [3.63, 3.8) is 0 Å². The molecule has 7 heteroatoms. The molecule has 2 aromatic rings. The second-order valence-electron chi connectivity index (χ2n) is 3.22. The molecule has 0 bridgehead atoms. The van der Waals surface area contributed by atoms with Gasteiger partial charge < -0.3 is 11.1 Å². The maximum Gasteiger partial charge on any atom is 0.227 e. The van der Waals surface area contributed by atoms with Crippen LogP contribution in [-0.4, -0.2) is 9.97 Å². The number of aromatic nitrogens is 2. The number of halogens is 3. The third-order valence-corrected chi connectivity index (χ3v) is 2.46. The number of nitrogens with two attached hydrogens (primary N) is 1. The van der Waals surface area contributed by atoms with Crippen LogP contribution >= 0.6 is 23.2 Å². The smallest absolute Gasteiger partial charge is 0.227 e. The van der Waals surface area contributed by atoms with Crippen LogP contribution in [0.5, 0.6) is 0 Å². The molecule has 3 N–H and O–H groups in total. The summed E-state index contributed by atoms with van der Waals surface area (Å²) in [6, 6.07) is 2.78. The lowest BCUT2D eigenvalue weighted by Crippen LogP contribution is -1.98. The second-order valence-corrected chi connectivity index (χ2v) is 4.03. The lowest BCUT2D eigenvalue weighted by molar-refractivity contribution is 0.629. The number of nitrogens with zero attached hydrogens (tertiary/aromatic N) is 2. The first-order valence-electron chi connectivity index (χ1n) is 4.55. The van der Waals surface area contributed by atoms with Gasteiger partial charge in [0.05, 0.1) is 28.1 Å². The normalized spacial score (nSPS) is 10.3. The van der Waals surface area contributed by atoms with Gasteiger partial charge in [-0.2, -0.15) is 0 Å². The fourth-order valence-corrected chi connectivity index (χ4v) is 1.65. The molecule has 0 atom stereocenters. The predicted octanol–water partition coefficient (Wildman–Crippen LogP) is 3.25. The molecule has 88 valence electrons. The fourth-order valence-electron chi connectivity index (χ4n) is 1.16. The first-order valence-corrected chi connectivity index (χ1v) is 5.31. The van der Waals surface area contributed by atoms with E-state index in [1.165, 1.54) is 24.5 Å². The summed E-state index contributed by atoms with van der Waals surface area (Å²) >= 11 is 11.3. The van der Waals surface area contributed by atoms with E-state index in [9.17, 15) is 4.39 Å². The van der Waals surface area contributed by atoms with Crippen molar-refractivity contribution >= 4 is 40.5 Å². The number of hydrogen-bond acceptors (Lipinski definition) is 4. The molecule has 1 aromatic heterocycles. The highest BCUT2D eigenvalue weighted by Gasteiger charge is 2.08. The molecule has 4 nitrogen and oxygen atoms in total. The predicted molar refractivity (Wildman–Crippen MR) is 66.1 cm³/mol. The average molecular weight is 273 g/mol. The molecule has 2 rings (SSSR count). The van der Waals surface area contributed by atoms with E-state index in [-0.39, 0.29) is 10.0 Å². The van der Waals surface area contributed by atoms with Gasteiger partial charge in [-0.1, -0.05) is 23.2 Å². The molecular formula is C10H7Cl2FN4. The Bertz CT molecular complexity index is 521. The zero-order valence-electron chi connectivity index (χ0n) is 8.42. The van der Waals surface area contributed by atoms with Crippen molar-refractivity contribution in [1.29, 1.82) is 0 Å². The van der Waals surface area contributed by atoms with Crippen molar-refractivity contribution < 1.29 is 4.39 Å². The summed E-state index contributed by atoms with van der Waals surface area (Å²) in [4.78, 5) is 7.86. The number of nitrogen functional groups attached to an aromatic ring is 1. The van der Waals surface area contributed by atoms with E-state index >= 15 is 0 Å². The van der Waals surface area contributed by atoms with Crippen LogP contribution in [0.4, 0.5) is 21.7 Å². The summed E-state index contributed by atoms with van der Waals surface area (Å²) in [5.74, 6) is -0.338. The van der Waals surface area contributed by atoms with Gasteiger partial charge in [0.25, 0.3) is 0 Å². The lowest BCUT2D eigenvalue weighted by Gasteiger charge is -2.06. The highest BCUT2D eigenvalue weighted by atomic mass is 35.5. The minimum atomic E-state index is -0.655. The summed E-state index contributed by atoms with van der Waals surface area (Å²) in [5, 5.41) is 2.68. The SMILES string of the molecule is Nc1cnc(Nc2cc(Cl)c(F)c(Cl)c2)nc1. The number of hydrogen-bond donors (Lipinski definition) is 2. The first-order chi connectivity index (χ1) is 8.06. The summed E-state index contributed by atoms with van der Waals surface area (Å²) in [5.41, 5.74) is 6.39. The average Bonchev–Trinajstić information content (AvgIpc) is 2.29. The zero-order valence-corrected chi connectivity index (χ0v) is 9.93. The Morgan fingerprint density at radius 3 is 2.18 bits per heavy atom. The molecule has 0 aliphatic heterocycles. The van der Waals surface area contributed by atoms with Crippen LogP contribution in [-0.2, 0) is 0 Å². The Balaban J connectivity index is 2.27. The zero-order chi connectivity index (χ0) is 12.4. The maximum atomic E-state index is 13.2. The van der Waals surface area contributed by atoms with Crippen molar-refractivity contribution in [1.82, 2.24) is 9.97 Å². The van der Waals surface area contributed by atoms with Gasteiger partial charge in [0.15, 0.2) is 5.82 Å². The third kappa shape index (κ3) is 2.75. The van der Waals surface area contributed by atoms with E-state index in [1.807, 2.05) is 0 Å². The highest BCUT2D eigenvalue weighted by Crippen LogP contribution is 2.28. The van der Waals surface area contributed by atoms with E-state index in [0.717, 1.165) is 0 Å². The molecule has 0 spiro atoms. The van der Waals surface area contributed by atoms with Crippen molar-refractivity contribution in [3.05, 3.63) is 40.4 Å². The Hall–Kier alpha value is -1.59. The monoisotopic (exact) mass is 272 g/mol. The topological polar surface area (TPSA) is 63.8 Å². The molecule has 0 saturated carbocycles. The number of nitrogens with one attached hydrogen (secondary N) is 1. The number of rotatable bonds is 2. The molecule has 0 unspecified atom stereocenters. The lowest BCUT2D eigenvalue weighted by atomic mass is 10.3. The van der Waals surface area contributed by atoms with Gasteiger partial charge in [-0.05, 0) is 12.1 Å². The molecule has 17 heavy (non-hydrogen) atoms. The number of benzene rings is 1. The fraction of sp³-hybridized carbons (Fsp3) is 0. The second kappa shape index (κ2) is 4.73. The third-order valence-electron chi connectivity index (χ3n) is 1.91. The molecule has 1 heterocycles. The van der Waals surface area contributed by atoms with Gasteiger partial charge in [0.2, 0.25) is 5.95 Å².